The van der Waals surface area contributed by atoms with Crippen LogP contribution in [0, 0.1) is 5.82 Å². The zero-order valence-electron chi connectivity index (χ0n) is 15.4. The van der Waals surface area contributed by atoms with Gasteiger partial charge in [-0.1, -0.05) is 56.7 Å². The van der Waals surface area contributed by atoms with Crippen molar-refractivity contribution in [3.05, 3.63) is 34.6 Å². The summed E-state index contributed by atoms with van der Waals surface area (Å²) in [5.41, 5.74) is 0.154. The van der Waals surface area contributed by atoms with Gasteiger partial charge in [0.15, 0.2) is 0 Å². The molecule has 0 aliphatic heterocycles. The SMILES string of the molecule is CCCCCCCCOC(=O)CCCC(=O)OCc1c(F)cccc1Cl. The first-order valence-electron chi connectivity index (χ1n) is 9.28. The molecule has 0 N–H and O–H groups in total. The molecule has 1 rings (SSSR count). The minimum atomic E-state index is -0.511. The molecule has 0 aromatic heterocycles. The highest BCUT2D eigenvalue weighted by molar-refractivity contribution is 6.31. The van der Waals surface area contributed by atoms with Crippen LogP contribution in [-0.4, -0.2) is 18.5 Å². The van der Waals surface area contributed by atoms with Gasteiger partial charge in [-0.05, 0) is 25.0 Å². The van der Waals surface area contributed by atoms with E-state index in [1.54, 1.807) is 0 Å². The Balaban J connectivity index is 2.07. The third-order valence-corrected chi connectivity index (χ3v) is 4.32. The van der Waals surface area contributed by atoms with Crippen LogP contribution in [-0.2, 0) is 25.7 Å². The van der Waals surface area contributed by atoms with Crippen LogP contribution in [0.3, 0.4) is 0 Å². The normalized spacial score (nSPS) is 10.6. The van der Waals surface area contributed by atoms with Crippen molar-refractivity contribution >= 4 is 23.5 Å². The van der Waals surface area contributed by atoms with Crippen molar-refractivity contribution < 1.29 is 23.5 Å². The van der Waals surface area contributed by atoms with Crippen molar-refractivity contribution in [2.24, 2.45) is 0 Å². The second-order valence-corrected chi connectivity index (χ2v) is 6.61. The molecule has 4 nitrogen and oxygen atoms in total. The molecule has 0 aliphatic carbocycles. The number of esters is 2. The summed E-state index contributed by atoms with van der Waals surface area (Å²) in [7, 11) is 0. The lowest BCUT2D eigenvalue weighted by Crippen LogP contribution is -2.09. The van der Waals surface area contributed by atoms with Crippen LogP contribution in [0.5, 0.6) is 0 Å². The number of carbonyl (C=O) groups is 2. The van der Waals surface area contributed by atoms with Crippen molar-refractivity contribution in [1.82, 2.24) is 0 Å². The smallest absolute Gasteiger partial charge is 0.306 e. The first-order valence-corrected chi connectivity index (χ1v) is 9.66. The molecule has 26 heavy (non-hydrogen) atoms. The predicted molar refractivity (Wildman–Crippen MR) is 99.4 cm³/mol. The van der Waals surface area contributed by atoms with E-state index in [1.807, 2.05) is 0 Å². The lowest BCUT2D eigenvalue weighted by Gasteiger charge is -2.08. The molecule has 0 atom stereocenters. The van der Waals surface area contributed by atoms with Gasteiger partial charge in [-0.2, -0.15) is 0 Å². The average Bonchev–Trinajstić information content (AvgIpc) is 2.60. The maximum absolute atomic E-state index is 13.6. The van der Waals surface area contributed by atoms with Crippen molar-refractivity contribution in [2.45, 2.75) is 71.3 Å². The molecule has 0 saturated heterocycles. The summed E-state index contributed by atoms with van der Waals surface area (Å²) in [6.07, 6.45) is 7.40. The number of hydrogen-bond donors (Lipinski definition) is 0. The van der Waals surface area contributed by atoms with Crippen molar-refractivity contribution in [2.75, 3.05) is 6.61 Å². The Morgan fingerprint density at radius 3 is 2.31 bits per heavy atom. The minimum Gasteiger partial charge on any atom is -0.466 e. The Hall–Kier alpha value is -1.62. The molecule has 0 bridgehead atoms. The van der Waals surface area contributed by atoms with Gasteiger partial charge < -0.3 is 9.47 Å². The van der Waals surface area contributed by atoms with Gasteiger partial charge in [-0.25, -0.2) is 4.39 Å². The molecule has 146 valence electrons. The number of ether oxygens (including phenoxy) is 2. The van der Waals surface area contributed by atoms with Crippen LogP contribution in [0.2, 0.25) is 5.02 Å². The molecule has 0 fully saturated rings. The first kappa shape index (κ1) is 22.4. The van der Waals surface area contributed by atoms with Crippen molar-refractivity contribution in [3.63, 3.8) is 0 Å². The average molecular weight is 387 g/mol. The largest absolute Gasteiger partial charge is 0.466 e. The maximum atomic E-state index is 13.6. The molecular weight excluding hydrogens is 359 g/mol. The van der Waals surface area contributed by atoms with Gasteiger partial charge in [0.2, 0.25) is 0 Å². The van der Waals surface area contributed by atoms with Gasteiger partial charge in [-0.15, -0.1) is 0 Å². The van der Waals surface area contributed by atoms with Crippen LogP contribution in [0.1, 0.15) is 70.3 Å². The van der Waals surface area contributed by atoms with Crippen LogP contribution < -0.4 is 0 Å². The van der Waals surface area contributed by atoms with E-state index in [2.05, 4.69) is 6.92 Å². The van der Waals surface area contributed by atoms with Gasteiger partial charge in [0, 0.05) is 18.4 Å². The zero-order chi connectivity index (χ0) is 19.2. The Morgan fingerprint density at radius 2 is 1.62 bits per heavy atom. The number of halogens is 2. The van der Waals surface area contributed by atoms with E-state index in [4.69, 9.17) is 21.1 Å². The van der Waals surface area contributed by atoms with Crippen LogP contribution >= 0.6 is 11.6 Å². The zero-order valence-corrected chi connectivity index (χ0v) is 16.2. The number of benzene rings is 1. The molecule has 6 heteroatoms. The monoisotopic (exact) mass is 386 g/mol. The molecule has 0 unspecified atom stereocenters. The quantitative estimate of drug-likeness (QED) is 0.327. The molecule has 0 radical (unpaired) electrons. The molecule has 0 saturated carbocycles. The highest BCUT2D eigenvalue weighted by Crippen LogP contribution is 2.20. The topological polar surface area (TPSA) is 52.6 Å². The van der Waals surface area contributed by atoms with E-state index < -0.39 is 11.8 Å². The highest BCUT2D eigenvalue weighted by Gasteiger charge is 2.11. The van der Waals surface area contributed by atoms with E-state index in [1.165, 1.54) is 43.9 Å². The fraction of sp³-hybridized carbons (Fsp3) is 0.600. The summed E-state index contributed by atoms with van der Waals surface area (Å²) < 4.78 is 23.7. The molecule has 1 aromatic carbocycles. The Morgan fingerprint density at radius 1 is 0.962 bits per heavy atom. The molecule has 1 aromatic rings. The van der Waals surface area contributed by atoms with Gasteiger partial charge in [0.25, 0.3) is 0 Å². The van der Waals surface area contributed by atoms with Gasteiger partial charge in [-0.3, -0.25) is 9.59 Å². The van der Waals surface area contributed by atoms with Gasteiger partial charge in [0.1, 0.15) is 12.4 Å². The van der Waals surface area contributed by atoms with Crippen LogP contribution in [0.25, 0.3) is 0 Å². The van der Waals surface area contributed by atoms with Crippen molar-refractivity contribution in [1.29, 1.82) is 0 Å². The molecule has 0 amide bonds. The Bertz CT molecular complexity index is 542. The van der Waals surface area contributed by atoms with Gasteiger partial charge >= 0.3 is 11.9 Å². The fourth-order valence-electron chi connectivity index (χ4n) is 2.41. The fourth-order valence-corrected chi connectivity index (χ4v) is 2.63. The number of carbonyl (C=O) groups excluding carboxylic acids is 2. The summed E-state index contributed by atoms with van der Waals surface area (Å²) in [5.74, 6) is -1.31. The third-order valence-electron chi connectivity index (χ3n) is 3.96. The van der Waals surface area contributed by atoms with Crippen LogP contribution in [0.15, 0.2) is 18.2 Å². The molecule has 0 spiro atoms. The summed E-state index contributed by atoms with van der Waals surface area (Å²) >= 11 is 5.86. The number of hydrogen-bond acceptors (Lipinski definition) is 4. The van der Waals surface area contributed by atoms with E-state index in [0.29, 0.717) is 13.0 Å². The minimum absolute atomic E-state index is 0.0815. The summed E-state index contributed by atoms with van der Waals surface area (Å²) in [5, 5.41) is 0.219. The number of rotatable bonds is 13. The predicted octanol–water partition coefficient (Wildman–Crippen LogP) is 5.60. The maximum Gasteiger partial charge on any atom is 0.306 e. The Labute approximate surface area is 160 Å². The Kier molecular flexibility index (Phi) is 11.7. The van der Waals surface area contributed by atoms with E-state index in [-0.39, 0.29) is 36.0 Å². The van der Waals surface area contributed by atoms with Gasteiger partial charge in [0.05, 0.1) is 11.6 Å². The first-order chi connectivity index (χ1) is 12.5. The number of unbranched alkanes of at least 4 members (excludes halogenated alkanes) is 5. The lowest BCUT2D eigenvalue weighted by molar-refractivity contribution is -0.146. The summed E-state index contributed by atoms with van der Waals surface area (Å²) in [6.45, 7) is 2.39. The third kappa shape index (κ3) is 9.76. The summed E-state index contributed by atoms with van der Waals surface area (Å²) in [4.78, 5) is 23.3. The standard InChI is InChI=1S/C20H28ClFO4/c1-2-3-4-5-6-7-14-25-19(23)12-9-13-20(24)26-15-16-17(21)10-8-11-18(16)22/h8,10-11H,2-7,9,12-15H2,1H3. The van der Waals surface area contributed by atoms with E-state index in [9.17, 15) is 14.0 Å². The second-order valence-electron chi connectivity index (χ2n) is 6.20. The molecular formula is C20H28ClFO4. The van der Waals surface area contributed by atoms with E-state index in [0.717, 1.165) is 12.8 Å². The van der Waals surface area contributed by atoms with Crippen LogP contribution in [0.4, 0.5) is 4.39 Å². The molecule has 0 heterocycles. The summed E-state index contributed by atoms with van der Waals surface area (Å²) in [6, 6.07) is 4.28. The second kappa shape index (κ2) is 13.6. The molecule has 0 aliphatic rings. The van der Waals surface area contributed by atoms with E-state index >= 15 is 0 Å². The highest BCUT2D eigenvalue weighted by atomic mass is 35.5. The lowest BCUT2D eigenvalue weighted by atomic mass is 10.1. The van der Waals surface area contributed by atoms with Crippen molar-refractivity contribution in [3.8, 4) is 0 Å².